The number of hydrogen-bond donors (Lipinski definition) is 1. The Morgan fingerprint density at radius 3 is 2.21 bits per heavy atom. The maximum atomic E-state index is 13.2. The van der Waals surface area contributed by atoms with E-state index in [2.05, 4.69) is 19.2 Å². The first-order chi connectivity index (χ1) is 13.8. The van der Waals surface area contributed by atoms with Gasteiger partial charge in [-0.1, -0.05) is 45.0 Å². The maximum Gasteiger partial charge on any atom is 0.261 e. The number of likely N-dealkylation sites (N-methyl/N-ethyl adjacent to an activating group) is 1. The lowest BCUT2D eigenvalue weighted by Crippen LogP contribution is -2.49. The van der Waals surface area contributed by atoms with E-state index in [1.165, 1.54) is 22.6 Å². The zero-order valence-electron chi connectivity index (χ0n) is 17.4. The average Bonchev–Trinajstić information content (AvgIpc) is 2.73. The lowest BCUT2D eigenvalue weighted by molar-refractivity contribution is -0.142. The summed E-state index contributed by atoms with van der Waals surface area (Å²) in [4.78, 5) is 26.7. The SMILES string of the molecule is CC[C@H](C(=O)NC)N(Cc1ccc(F)cc1)C(=O)COc1ccc(C(C)C)cc1. The molecule has 6 heteroatoms. The molecule has 2 amide bonds. The molecule has 0 fully saturated rings. The zero-order valence-corrected chi connectivity index (χ0v) is 17.4. The molecule has 0 saturated heterocycles. The fraction of sp³-hybridized carbons (Fsp3) is 0.391. The molecule has 1 N–H and O–H groups in total. The zero-order chi connectivity index (χ0) is 21.4. The Morgan fingerprint density at radius 2 is 1.69 bits per heavy atom. The van der Waals surface area contributed by atoms with Crippen LogP contribution in [0.2, 0.25) is 0 Å². The molecule has 5 nitrogen and oxygen atoms in total. The molecule has 2 aromatic rings. The molecule has 156 valence electrons. The van der Waals surface area contributed by atoms with Gasteiger partial charge in [-0.15, -0.1) is 0 Å². The Labute approximate surface area is 171 Å². The van der Waals surface area contributed by atoms with Crippen LogP contribution in [0.1, 0.15) is 44.2 Å². The van der Waals surface area contributed by atoms with Gasteiger partial charge in [0.15, 0.2) is 6.61 Å². The molecule has 0 unspecified atom stereocenters. The second kappa shape index (κ2) is 10.6. The van der Waals surface area contributed by atoms with Crippen LogP contribution in [-0.2, 0) is 16.1 Å². The number of hydrogen-bond acceptors (Lipinski definition) is 3. The Kier molecular flexibility index (Phi) is 8.19. The normalized spacial score (nSPS) is 11.8. The number of nitrogens with one attached hydrogen (secondary N) is 1. The van der Waals surface area contributed by atoms with Crippen molar-refractivity contribution in [1.29, 1.82) is 0 Å². The van der Waals surface area contributed by atoms with E-state index in [1.807, 2.05) is 31.2 Å². The highest BCUT2D eigenvalue weighted by atomic mass is 19.1. The first kappa shape index (κ1) is 22.4. The van der Waals surface area contributed by atoms with Crippen LogP contribution in [0.4, 0.5) is 4.39 Å². The van der Waals surface area contributed by atoms with Crippen LogP contribution in [0.5, 0.6) is 5.75 Å². The van der Waals surface area contributed by atoms with Gasteiger partial charge in [0, 0.05) is 13.6 Å². The molecule has 0 heterocycles. The van der Waals surface area contributed by atoms with Crippen LogP contribution in [0.25, 0.3) is 0 Å². The van der Waals surface area contributed by atoms with Gasteiger partial charge >= 0.3 is 0 Å². The Balaban J connectivity index is 2.14. The largest absolute Gasteiger partial charge is 0.484 e. The second-order valence-corrected chi connectivity index (χ2v) is 7.20. The van der Waals surface area contributed by atoms with Gasteiger partial charge in [-0.25, -0.2) is 4.39 Å². The summed E-state index contributed by atoms with van der Waals surface area (Å²) in [5.74, 6) is 0.104. The molecule has 0 aliphatic rings. The molecular formula is C23H29FN2O3. The van der Waals surface area contributed by atoms with E-state index in [1.54, 1.807) is 19.2 Å². The first-order valence-electron chi connectivity index (χ1n) is 9.84. The summed E-state index contributed by atoms with van der Waals surface area (Å²) in [5.41, 5.74) is 1.93. The van der Waals surface area contributed by atoms with Crippen LogP contribution in [0.15, 0.2) is 48.5 Å². The van der Waals surface area contributed by atoms with Crippen molar-refractivity contribution in [2.75, 3.05) is 13.7 Å². The van der Waals surface area contributed by atoms with Crippen molar-refractivity contribution < 1.29 is 18.7 Å². The minimum Gasteiger partial charge on any atom is -0.484 e. The summed E-state index contributed by atoms with van der Waals surface area (Å²) in [6, 6.07) is 12.9. The predicted molar refractivity (Wildman–Crippen MR) is 111 cm³/mol. The fourth-order valence-corrected chi connectivity index (χ4v) is 3.05. The van der Waals surface area contributed by atoms with Gasteiger partial charge < -0.3 is 15.0 Å². The number of nitrogens with zero attached hydrogens (tertiary/aromatic N) is 1. The van der Waals surface area contributed by atoms with E-state index in [-0.39, 0.29) is 30.8 Å². The standard InChI is InChI=1S/C23H29FN2O3/c1-5-21(23(28)25-4)26(14-17-6-10-19(24)11-7-17)22(27)15-29-20-12-8-18(9-13-20)16(2)3/h6-13,16,21H,5,14-15H2,1-4H3,(H,25,28)/t21-/m1/s1. The number of benzene rings is 2. The average molecular weight is 400 g/mol. The molecule has 1 atom stereocenters. The van der Waals surface area contributed by atoms with Crippen molar-refractivity contribution in [3.63, 3.8) is 0 Å². The summed E-state index contributed by atoms with van der Waals surface area (Å²) >= 11 is 0. The van der Waals surface area contributed by atoms with E-state index in [4.69, 9.17) is 4.74 Å². The molecule has 0 aromatic heterocycles. The first-order valence-corrected chi connectivity index (χ1v) is 9.84. The third-order valence-electron chi connectivity index (χ3n) is 4.81. The van der Waals surface area contributed by atoms with E-state index in [9.17, 15) is 14.0 Å². The minimum atomic E-state index is -0.635. The van der Waals surface area contributed by atoms with Crippen LogP contribution in [0, 0.1) is 5.82 Å². The van der Waals surface area contributed by atoms with Crippen LogP contribution in [-0.4, -0.2) is 36.4 Å². The summed E-state index contributed by atoms with van der Waals surface area (Å²) in [5, 5.41) is 2.60. The predicted octanol–water partition coefficient (Wildman–Crippen LogP) is 3.88. The quantitative estimate of drug-likeness (QED) is 0.695. The maximum absolute atomic E-state index is 13.2. The highest BCUT2D eigenvalue weighted by molar-refractivity contribution is 5.88. The highest BCUT2D eigenvalue weighted by Crippen LogP contribution is 2.19. The van der Waals surface area contributed by atoms with Gasteiger partial charge in [-0.3, -0.25) is 9.59 Å². The van der Waals surface area contributed by atoms with Crippen molar-refractivity contribution in [1.82, 2.24) is 10.2 Å². The number of halogens is 1. The lowest BCUT2D eigenvalue weighted by atomic mass is 10.0. The van der Waals surface area contributed by atoms with Crippen LogP contribution in [0.3, 0.4) is 0 Å². The molecule has 0 bridgehead atoms. The number of amides is 2. The van der Waals surface area contributed by atoms with Crippen molar-refractivity contribution >= 4 is 11.8 Å². The van der Waals surface area contributed by atoms with Gasteiger partial charge in [0.2, 0.25) is 5.91 Å². The van der Waals surface area contributed by atoms with E-state index >= 15 is 0 Å². The van der Waals surface area contributed by atoms with Crippen molar-refractivity contribution in [3.05, 3.63) is 65.5 Å². The van der Waals surface area contributed by atoms with Crippen LogP contribution < -0.4 is 10.1 Å². The third kappa shape index (κ3) is 6.31. The van der Waals surface area contributed by atoms with E-state index in [0.717, 1.165) is 5.56 Å². The Morgan fingerprint density at radius 1 is 1.07 bits per heavy atom. The minimum absolute atomic E-state index is 0.185. The molecule has 0 radical (unpaired) electrons. The molecule has 2 rings (SSSR count). The van der Waals surface area contributed by atoms with Gasteiger partial charge in [-0.05, 0) is 47.7 Å². The summed E-state index contributed by atoms with van der Waals surface area (Å²) in [6.45, 7) is 6.07. The molecule has 29 heavy (non-hydrogen) atoms. The molecule has 0 aliphatic carbocycles. The third-order valence-corrected chi connectivity index (χ3v) is 4.81. The van der Waals surface area contributed by atoms with Gasteiger partial charge in [0.05, 0.1) is 0 Å². The summed E-state index contributed by atoms with van der Waals surface area (Å²) < 4.78 is 18.9. The van der Waals surface area contributed by atoms with Crippen molar-refractivity contribution in [2.24, 2.45) is 0 Å². The van der Waals surface area contributed by atoms with E-state index < -0.39 is 6.04 Å². The van der Waals surface area contributed by atoms with Gasteiger partial charge in [0.25, 0.3) is 5.91 Å². The number of rotatable bonds is 9. The smallest absolute Gasteiger partial charge is 0.261 e. The van der Waals surface area contributed by atoms with Crippen LogP contribution >= 0.6 is 0 Å². The van der Waals surface area contributed by atoms with Crippen molar-refractivity contribution in [3.8, 4) is 5.75 Å². The molecule has 0 aliphatic heterocycles. The Bertz CT molecular complexity index is 804. The molecule has 0 spiro atoms. The summed E-state index contributed by atoms with van der Waals surface area (Å²) in [7, 11) is 1.54. The second-order valence-electron chi connectivity index (χ2n) is 7.20. The topological polar surface area (TPSA) is 58.6 Å². The summed E-state index contributed by atoms with van der Waals surface area (Å²) in [6.07, 6.45) is 0.454. The molecular weight excluding hydrogens is 371 g/mol. The number of ether oxygens (including phenoxy) is 1. The van der Waals surface area contributed by atoms with Gasteiger partial charge in [0.1, 0.15) is 17.6 Å². The molecule has 0 saturated carbocycles. The fourth-order valence-electron chi connectivity index (χ4n) is 3.05. The van der Waals surface area contributed by atoms with E-state index in [0.29, 0.717) is 18.1 Å². The van der Waals surface area contributed by atoms with Crippen molar-refractivity contribution in [2.45, 2.75) is 45.7 Å². The lowest BCUT2D eigenvalue weighted by Gasteiger charge is -2.30. The Hall–Kier alpha value is -2.89. The van der Waals surface area contributed by atoms with Gasteiger partial charge in [-0.2, -0.15) is 0 Å². The monoisotopic (exact) mass is 400 g/mol. The molecule has 2 aromatic carbocycles. The number of carbonyl (C=O) groups excluding carboxylic acids is 2. The highest BCUT2D eigenvalue weighted by Gasteiger charge is 2.28. The number of carbonyl (C=O) groups is 2.